The van der Waals surface area contributed by atoms with Crippen LogP contribution in [0.15, 0.2) is 36.4 Å². The number of amides is 1. The highest BCUT2D eigenvalue weighted by Crippen LogP contribution is 2.30. The number of anilines is 1. The molecule has 128 valence electrons. The third-order valence-corrected chi connectivity index (χ3v) is 4.69. The van der Waals surface area contributed by atoms with Gasteiger partial charge >= 0.3 is 0 Å². The van der Waals surface area contributed by atoms with Crippen molar-refractivity contribution in [2.75, 3.05) is 11.9 Å². The molecule has 3 rings (SSSR count). The van der Waals surface area contributed by atoms with Crippen molar-refractivity contribution in [1.82, 2.24) is 4.98 Å². The molecule has 0 radical (unpaired) electrons. The van der Waals surface area contributed by atoms with E-state index in [-0.39, 0.29) is 24.0 Å². The summed E-state index contributed by atoms with van der Waals surface area (Å²) in [6.45, 7) is 3.71. The van der Waals surface area contributed by atoms with Crippen molar-refractivity contribution >= 4 is 38.3 Å². The highest BCUT2D eigenvalue weighted by molar-refractivity contribution is 7.22. The number of carbonyl (C=O) groups is 1. The summed E-state index contributed by atoms with van der Waals surface area (Å²) in [5, 5.41) is 13.9. The molecule has 1 aromatic heterocycles. The summed E-state index contributed by atoms with van der Waals surface area (Å²) in [6, 6.07) is 9.72. The number of nitrogens with zero attached hydrogens (tertiary/aromatic N) is 2. The lowest BCUT2D eigenvalue weighted by Crippen LogP contribution is -2.20. The van der Waals surface area contributed by atoms with Crippen LogP contribution in [0.2, 0.25) is 0 Å². The minimum absolute atomic E-state index is 0.0879. The van der Waals surface area contributed by atoms with Gasteiger partial charge in [0.15, 0.2) is 11.7 Å². The topological polar surface area (TPSA) is 94.4 Å². The van der Waals surface area contributed by atoms with Crippen LogP contribution in [-0.4, -0.2) is 22.4 Å². The Bertz CT molecular complexity index is 929. The molecule has 0 unspecified atom stereocenters. The summed E-state index contributed by atoms with van der Waals surface area (Å²) in [7, 11) is 0. The molecule has 8 heteroatoms. The molecule has 2 aromatic carbocycles. The van der Waals surface area contributed by atoms with Crippen molar-refractivity contribution < 1.29 is 14.5 Å². The normalized spacial score (nSPS) is 10.6. The average molecular weight is 357 g/mol. The molecule has 0 bridgehead atoms. The van der Waals surface area contributed by atoms with Crippen molar-refractivity contribution in [3.8, 4) is 5.75 Å². The summed E-state index contributed by atoms with van der Waals surface area (Å²) < 4.78 is 6.35. The van der Waals surface area contributed by atoms with Gasteiger partial charge in [-0.1, -0.05) is 29.5 Å². The van der Waals surface area contributed by atoms with Gasteiger partial charge in [0.25, 0.3) is 11.6 Å². The maximum atomic E-state index is 12.0. The molecule has 0 saturated heterocycles. The van der Waals surface area contributed by atoms with Crippen LogP contribution in [0.25, 0.3) is 10.2 Å². The third kappa shape index (κ3) is 3.74. The van der Waals surface area contributed by atoms with E-state index < -0.39 is 4.92 Å². The minimum Gasteiger partial charge on any atom is -0.484 e. The largest absolute Gasteiger partial charge is 0.484 e. The van der Waals surface area contributed by atoms with E-state index in [2.05, 4.69) is 10.3 Å². The number of nitro benzene ring substituents is 1. The standard InChI is InChI=1S/C17H15N3O4S/c1-10-6-7-11(2)16-15(10)19-17(25-16)18-14(21)9-24-13-5-3-4-12(8-13)20(22)23/h3-8H,9H2,1-2H3,(H,18,19,21). The number of benzene rings is 2. The number of rotatable bonds is 5. The van der Waals surface area contributed by atoms with E-state index in [0.717, 1.165) is 21.3 Å². The third-order valence-electron chi connectivity index (χ3n) is 3.59. The predicted molar refractivity (Wildman–Crippen MR) is 96.3 cm³/mol. The lowest BCUT2D eigenvalue weighted by Gasteiger charge is -2.05. The first-order valence-electron chi connectivity index (χ1n) is 7.48. The first-order valence-corrected chi connectivity index (χ1v) is 8.29. The summed E-state index contributed by atoms with van der Waals surface area (Å²) in [5.74, 6) is -0.110. The van der Waals surface area contributed by atoms with Crippen LogP contribution in [0.4, 0.5) is 10.8 Å². The van der Waals surface area contributed by atoms with Crippen LogP contribution in [-0.2, 0) is 4.79 Å². The Kier molecular flexibility index (Phi) is 4.62. The zero-order chi connectivity index (χ0) is 18.0. The second-order valence-electron chi connectivity index (χ2n) is 5.49. The van der Waals surface area contributed by atoms with Gasteiger partial charge in [-0.05, 0) is 31.0 Å². The summed E-state index contributed by atoms with van der Waals surface area (Å²) in [5.41, 5.74) is 2.94. The molecule has 1 N–H and O–H groups in total. The fraction of sp³-hybridized carbons (Fsp3) is 0.176. The molecular formula is C17H15N3O4S. The number of hydrogen-bond acceptors (Lipinski definition) is 6. The number of fused-ring (bicyclic) bond motifs is 1. The molecule has 3 aromatic rings. The second-order valence-corrected chi connectivity index (χ2v) is 6.49. The molecule has 0 spiro atoms. The van der Waals surface area contributed by atoms with Crippen LogP contribution in [0.5, 0.6) is 5.75 Å². The van der Waals surface area contributed by atoms with E-state index >= 15 is 0 Å². The van der Waals surface area contributed by atoms with Gasteiger partial charge in [-0.3, -0.25) is 20.2 Å². The van der Waals surface area contributed by atoms with Gasteiger partial charge in [0.2, 0.25) is 0 Å². The zero-order valence-corrected chi connectivity index (χ0v) is 14.4. The molecule has 0 fully saturated rings. The van der Waals surface area contributed by atoms with Crippen LogP contribution in [0, 0.1) is 24.0 Å². The van der Waals surface area contributed by atoms with E-state index in [0.29, 0.717) is 5.13 Å². The van der Waals surface area contributed by atoms with Crippen LogP contribution < -0.4 is 10.1 Å². The van der Waals surface area contributed by atoms with Gasteiger partial charge < -0.3 is 4.74 Å². The zero-order valence-electron chi connectivity index (χ0n) is 13.6. The summed E-state index contributed by atoms with van der Waals surface area (Å²) >= 11 is 1.41. The van der Waals surface area contributed by atoms with Crippen LogP contribution in [0.1, 0.15) is 11.1 Å². The maximum absolute atomic E-state index is 12.0. The number of aromatic nitrogens is 1. The Balaban J connectivity index is 1.67. The molecule has 1 amide bonds. The lowest BCUT2D eigenvalue weighted by atomic mass is 10.1. The van der Waals surface area contributed by atoms with Crippen molar-refractivity contribution in [2.24, 2.45) is 0 Å². The fourth-order valence-electron chi connectivity index (χ4n) is 2.30. The monoisotopic (exact) mass is 357 g/mol. The Hall–Kier alpha value is -3.00. The Morgan fingerprint density at radius 2 is 2.04 bits per heavy atom. The predicted octanol–water partition coefficient (Wildman–Crippen LogP) is 3.84. The summed E-state index contributed by atoms with van der Waals surface area (Å²) in [4.78, 5) is 26.7. The van der Waals surface area contributed by atoms with E-state index in [9.17, 15) is 14.9 Å². The van der Waals surface area contributed by atoms with Crippen molar-refractivity contribution in [1.29, 1.82) is 0 Å². The molecule has 0 aliphatic carbocycles. The smallest absolute Gasteiger partial charge is 0.273 e. The number of carbonyl (C=O) groups excluding carboxylic acids is 1. The number of thiazole rings is 1. The first-order chi connectivity index (χ1) is 11.9. The Morgan fingerprint density at radius 1 is 1.28 bits per heavy atom. The molecular weight excluding hydrogens is 342 g/mol. The number of non-ortho nitro benzene ring substituents is 1. The number of nitro groups is 1. The number of nitrogens with one attached hydrogen (secondary N) is 1. The summed E-state index contributed by atoms with van der Waals surface area (Å²) in [6.07, 6.45) is 0. The second kappa shape index (κ2) is 6.86. The quantitative estimate of drug-likeness (QED) is 0.553. The van der Waals surface area contributed by atoms with Crippen LogP contribution in [0.3, 0.4) is 0 Å². The van der Waals surface area contributed by atoms with E-state index in [1.807, 2.05) is 26.0 Å². The molecule has 7 nitrogen and oxygen atoms in total. The van der Waals surface area contributed by atoms with Crippen molar-refractivity contribution in [2.45, 2.75) is 13.8 Å². The Labute approximate surface area is 147 Å². The highest BCUT2D eigenvalue weighted by atomic mass is 32.1. The lowest BCUT2D eigenvalue weighted by molar-refractivity contribution is -0.384. The molecule has 25 heavy (non-hydrogen) atoms. The molecule has 0 atom stereocenters. The minimum atomic E-state index is -0.515. The van der Waals surface area contributed by atoms with Crippen molar-refractivity contribution in [3.63, 3.8) is 0 Å². The fourth-order valence-corrected chi connectivity index (χ4v) is 3.33. The van der Waals surface area contributed by atoms with Gasteiger partial charge in [-0.25, -0.2) is 4.98 Å². The van der Waals surface area contributed by atoms with E-state index in [1.54, 1.807) is 6.07 Å². The maximum Gasteiger partial charge on any atom is 0.273 e. The van der Waals surface area contributed by atoms with Gasteiger partial charge in [0.1, 0.15) is 5.75 Å². The van der Waals surface area contributed by atoms with Gasteiger partial charge in [0, 0.05) is 6.07 Å². The molecule has 0 saturated carbocycles. The van der Waals surface area contributed by atoms with Gasteiger partial charge in [-0.2, -0.15) is 0 Å². The highest BCUT2D eigenvalue weighted by Gasteiger charge is 2.12. The molecule has 0 aliphatic heterocycles. The average Bonchev–Trinajstić information content (AvgIpc) is 3.01. The van der Waals surface area contributed by atoms with E-state index in [4.69, 9.17) is 4.74 Å². The molecule has 1 heterocycles. The van der Waals surface area contributed by atoms with E-state index in [1.165, 1.54) is 29.5 Å². The van der Waals surface area contributed by atoms with Crippen molar-refractivity contribution in [3.05, 3.63) is 57.6 Å². The first kappa shape index (κ1) is 16.8. The van der Waals surface area contributed by atoms with Gasteiger partial charge in [0.05, 0.1) is 21.2 Å². The number of hydrogen-bond donors (Lipinski definition) is 1. The molecule has 0 aliphatic rings. The van der Waals surface area contributed by atoms with Crippen LogP contribution >= 0.6 is 11.3 Å². The number of ether oxygens (including phenoxy) is 1. The van der Waals surface area contributed by atoms with Gasteiger partial charge in [-0.15, -0.1) is 0 Å². The number of aryl methyl sites for hydroxylation is 2. The SMILES string of the molecule is Cc1ccc(C)c2sc(NC(=O)COc3cccc([N+](=O)[O-])c3)nc12. The Morgan fingerprint density at radius 3 is 2.76 bits per heavy atom.